The second-order valence-corrected chi connectivity index (χ2v) is 7.50. The average molecular weight is 402 g/mol. The number of benzene rings is 1. The van der Waals surface area contributed by atoms with Crippen LogP contribution in [-0.2, 0) is 4.79 Å². The van der Waals surface area contributed by atoms with E-state index in [1.165, 1.54) is 6.07 Å². The molecule has 8 heteroatoms. The van der Waals surface area contributed by atoms with Gasteiger partial charge in [0, 0.05) is 25.2 Å². The third-order valence-corrected chi connectivity index (χ3v) is 5.24. The molecule has 3 rings (SSSR count). The van der Waals surface area contributed by atoms with Gasteiger partial charge in [0.15, 0.2) is 0 Å². The Labute approximate surface area is 164 Å². The Morgan fingerprint density at radius 3 is 2.41 bits per heavy atom. The molecule has 2 saturated heterocycles. The summed E-state index contributed by atoms with van der Waals surface area (Å²) in [6.45, 7) is 4.84. The van der Waals surface area contributed by atoms with E-state index in [1.807, 2.05) is 13.8 Å². The molecule has 2 aliphatic rings. The molecular formula is C19H26ClF2N3O2. The molecule has 0 aromatic heterocycles. The van der Waals surface area contributed by atoms with Crippen molar-refractivity contribution in [3.63, 3.8) is 0 Å². The monoisotopic (exact) mass is 401 g/mol. The van der Waals surface area contributed by atoms with Crippen LogP contribution in [-0.4, -0.2) is 47.9 Å². The smallest absolute Gasteiger partial charge is 0.257 e. The van der Waals surface area contributed by atoms with Crippen LogP contribution in [0.5, 0.6) is 0 Å². The normalized spacial score (nSPS) is 22.8. The molecule has 0 radical (unpaired) electrons. The summed E-state index contributed by atoms with van der Waals surface area (Å²) in [6.07, 6.45) is 3.04. The summed E-state index contributed by atoms with van der Waals surface area (Å²) < 4.78 is 27.7. The van der Waals surface area contributed by atoms with Crippen LogP contribution in [0, 0.1) is 17.6 Å². The van der Waals surface area contributed by atoms with Gasteiger partial charge in [0.05, 0.1) is 0 Å². The van der Waals surface area contributed by atoms with Gasteiger partial charge in [0.1, 0.15) is 23.2 Å². The van der Waals surface area contributed by atoms with Gasteiger partial charge in [-0.3, -0.25) is 9.59 Å². The van der Waals surface area contributed by atoms with Gasteiger partial charge in [-0.15, -0.1) is 12.4 Å². The molecule has 3 atom stereocenters. The predicted molar refractivity (Wildman–Crippen MR) is 101 cm³/mol. The van der Waals surface area contributed by atoms with Gasteiger partial charge in [-0.1, -0.05) is 19.9 Å². The number of hydrogen-bond acceptors (Lipinski definition) is 3. The van der Waals surface area contributed by atoms with Gasteiger partial charge in [-0.2, -0.15) is 0 Å². The average Bonchev–Trinajstić information content (AvgIpc) is 2.90. The first-order valence-corrected chi connectivity index (χ1v) is 9.16. The summed E-state index contributed by atoms with van der Waals surface area (Å²) in [5, 5.41) is 6.05. The Bertz CT molecular complexity index is 681. The summed E-state index contributed by atoms with van der Waals surface area (Å²) in [7, 11) is 0. The first-order valence-electron chi connectivity index (χ1n) is 9.16. The fourth-order valence-electron chi connectivity index (χ4n) is 3.78. The molecule has 2 heterocycles. The van der Waals surface area contributed by atoms with Gasteiger partial charge in [0.25, 0.3) is 5.91 Å². The van der Waals surface area contributed by atoms with E-state index in [1.54, 1.807) is 4.90 Å². The fourth-order valence-corrected chi connectivity index (χ4v) is 3.78. The van der Waals surface area contributed by atoms with Crippen molar-refractivity contribution in [2.45, 2.75) is 51.2 Å². The summed E-state index contributed by atoms with van der Waals surface area (Å²) in [5.74, 6) is -3.17. The van der Waals surface area contributed by atoms with E-state index in [9.17, 15) is 18.4 Å². The molecule has 150 valence electrons. The molecule has 1 aromatic carbocycles. The summed E-state index contributed by atoms with van der Waals surface area (Å²) >= 11 is 0. The first kappa shape index (κ1) is 21.6. The highest BCUT2D eigenvalue weighted by atomic mass is 35.5. The maximum atomic E-state index is 13.9. The molecule has 27 heavy (non-hydrogen) atoms. The SMILES string of the molecule is CC(C)C(NC(=O)c1c(F)cccc1F)C(=O)N1CCC2CCC(C1)N2.Cl. The maximum absolute atomic E-state index is 13.9. The van der Waals surface area contributed by atoms with Crippen molar-refractivity contribution in [1.29, 1.82) is 0 Å². The van der Waals surface area contributed by atoms with Gasteiger partial charge < -0.3 is 15.5 Å². The van der Waals surface area contributed by atoms with Crippen molar-refractivity contribution < 1.29 is 18.4 Å². The third kappa shape index (κ3) is 4.76. The Morgan fingerprint density at radius 2 is 1.78 bits per heavy atom. The largest absolute Gasteiger partial charge is 0.340 e. The highest BCUT2D eigenvalue weighted by molar-refractivity contribution is 5.98. The zero-order valence-corrected chi connectivity index (χ0v) is 16.3. The highest BCUT2D eigenvalue weighted by Crippen LogP contribution is 2.22. The minimum atomic E-state index is -0.936. The van der Waals surface area contributed by atoms with Crippen molar-refractivity contribution in [2.75, 3.05) is 13.1 Å². The Kier molecular flexibility index (Phi) is 7.17. The second-order valence-electron chi connectivity index (χ2n) is 7.50. The van der Waals surface area contributed by atoms with E-state index in [0.717, 1.165) is 31.4 Å². The molecule has 2 N–H and O–H groups in total. The predicted octanol–water partition coefficient (Wildman–Crippen LogP) is 2.49. The van der Waals surface area contributed by atoms with E-state index < -0.39 is 29.1 Å². The van der Waals surface area contributed by atoms with Gasteiger partial charge in [-0.05, 0) is 37.3 Å². The van der Waals surface area contributed by atoms with Crippen LogP contribution in [0.4, 0.5) is 8.78 Å². The van der Waals surface area contributed by atoms with Crippen molar-refractivity contribution in [3.05, 3.63) is 35.4 Å². The van der Waals surface area contributed by atoms with E-state index in [-0.39, 0.29) is 30.3 Å². The lowest BCUT2D eigenvalue weighted by atomic mass is 10.0. The van der Waals surface area contributed by atoms with Gasteiger partial charge in [0.2, 0.25) is 5.91 Å². The van der Waals surface area contributed by atoms with Crippen molar-refractivity contribution in [2.24, 2.45) is 5.92 Å². The molecular weight excluding hydrogens is 376 g/mol. The minimum Gasteiger partial charge on any atom is -0.340 e. The molecule has 3 unspecified atom stereocenters. The number of fused-ring (bicyclic) bond motifs is 2. The van der Waals surface area contributed by atoms with Crippen LogP contribution in [0.15, 0.2) is 18.2 Å². The van der Waals surface area contributed by atoms with Crippen LogP contribution < -0.4 is 10.6 Å². The lowest BCUT2D eigenvalue weighted by Gasteiger charge is -2.31. The van der Waals surface area contributed by atoms with Crippen LogP contribution >= 0.6 is 12.4 Å². The van der Waals surface area contributed by atoms with E-state index in [2.05, 4.69) is 10.6 Å². The second kappa shape index (κ2) is 8.97. The molecule has 0 aliphatic carbocycles. The number of rotatable bonds is 4. The number of amides is 2. The summed E-state index contributed by atoms with van der Waals surface area (Å²) in [6, 6.07) is 3.16. The molecule has 2 aliphatic heterocycles. The van der Waals surface area contributed by atoms with Crippen LogP contribution in [0.3, 0.4) is 0 Å². The fraction of sp³-hybridized carbons (Fsp3) is 0.579. The zero-order chi connectivity index (χ0) is 18.8. The van der Waals surface area contributed by atoms with Crippen molar-refractivity contribution >= 4 is 24.2 Å². The Balaban J connectivity index is 0.00000261. The number of carbonyl (C=O) groups is 2. The highest BCUT2D eigenvalue weighted by Gasteiger charge is 2.35. The zero-order valence-electron chi connectivity index (χ0n) is 15.5. The number of halogens is 3. The van der Waals surface area contributed by atoms with E-state index in [0.29, 0.717) is 19.1 Å². The molecule has 2 fully saturated rings. The number of nitrogens with one attached hydrogen (secondary N) is 2. The quantitative estimate of drug-likeness (QED) is 0.814. The van der Waals surface area contributed by atoms with E-state index >= 15 is 0 Å². The summed E-state index contributed by atoms with van der Waals surface area (Å²) in [4.78, 5) is 27.2. The lowest BCUT2D eigenvalue weighted by molar-refractivity contribution is -0.134. The Hall–Kier alpha value is -1.73. The van der Waals surface area contributed by atoms with Crippen molar-refractivity contribution in [3.8, 4) is 0 Å². The number of nitrogens with zero attached hydrogens (tertiary/aromatic N) is 1. The van der Waals surface area contributed by atoms with Gasteiger partial charge in [-0.25, -0.2) is 8.78 Å². The number of likely N-dealkylation sites (tertiary alicyclic amines) is 1. The van der Waals surface area contributed by atoms with Crippen LogP contribution in [0.1, 0.15) is 43.5 Å². The molecule has 0 spiro atoms. The Morgan fingerprint density at radius 1 is 1.15 bits per heavy atom. The number of carbonyl (C=O) groups excluding carboxylic acids is 2. The first-order chi connectivity index (χ1) is 12.4. The molecule has 2 amide bonds. The molecule has 5 nitrogen and oxygen atoms in total. The lowest BCUT2D eigenvalue weighted by Crippen LogP contribution is -2.53. The topological polar surface area (TPSA) is 61.4 Å². The third-order valence-electron chi connectivity index (χ3n) is 5.24. The molecule has 1 aromatic rings. The van der Waals surface area contributed by atoms with E-state index in [4.69, 9.17) is 0 Å². The summed E-state index contributed by atoms with van der Waals surface area (Å²) in [5.41, 5.74) is -0.650. The van der Waals surface area contributed by atoms with Gasteiger partial charge >= 0.3 is 0 Å². The minimum absolute atomic E-state index is 0. The van der Waals surface area contributed by atoms with Crippen molar-refractivity contribution in [1.82, 2.24) is 15.5 Å². The number of hydrogen-bond donors (Lipinski definition) is 2. The molecule has 2 bridgehead atoms. The van der Waals surface area contributed by atoms with Crippen LogP contribution in [0.25, 0.3) is 0 Å². The molecule has 0 saturated carbocycles. The standard InChI is InChI=1S/C19H25F2N3O2.ClH/c1-11(2)17(23-18(25)16-14(20)4-3-5-15(16)21)19(26)24-9-8-12-6-7-13(10-24)22-12;/h3-5,11-13,17,22H,6-10H2,1-2H3,(H,23,25);1H. The van der Waals surface area contributed by atoms with Crippen LogP contribution in [0.2, 0.25) is 0 Å². The maximum Gasteiger partial charge on any atom is 0.257 e.